The van der Waals surface area contributed by atoms with Crippen LogP contribution in [-0.2, 0) is 11.2 Å². The van der Waals surface area contributed by atoms with Gasteiger partial charge >= 0.3 is 0 Å². The zero-order valence-corrected chi connectivity index (χ0v) is 17.7. The summed E-state index contributed by atoms with van der Waals surface area (Å²) >= 11 is 1.81. The van der Waals surface area contributed by atoms with Gasteiger partial charge in [-0.2, -0.15) is 5.10 Å². The lowest BCUT2D eigenvalue weighted by Gasteiger charge is -2.33. The molecule has 0 bridgehead atoms. The molecule has 8 heteroatoms. The highest BCUT2D eigenvalue weighted by atomic mass is 32.1. The minimum absolute atomic E-state index is 0.313. The Bertz CT molecular complexity index is 708. The Morgan fingerprint density at radius 1 is 1.39 bits per heavy atom. The molecular formula is C20H32N6OS. The molecule has 0 saturated carbocycles. The number of morpholine rings is 1. The number of hydrogen-bond acceptors (Lipinski definition) is 5. The zero-order valence-electron chi connectivity index (χ0n) is 16.9. The van der Waals surface area contributed by atoms with Crippen LogP contribution in [0, 0.1) is 6.92 Å². The Balaban J connectivity index is 1.55. The van der Waals surface area contributed by atoms with Crippen molar-refractivity contribution in [3.63, 3.8) is 0 Å². The minimum atomic E-state index is 0.313. The molecule has 7 nitrogen and oxygen atoms in total. The van der Waals surface area contributed by atoms with E-state index in [0.717, 1.165) is 70.4 Å². The molecule has 3 rings (SSSR count). The van der Waals surface area contributed by atoms with Crippen LogP contribution in [0.15, 0.2) is 28.7 Å². The van der Waals surface area contributed by atoms with Crippen molar-refractivity contribution < 1.29 is 4.74 Å². The third-order valence-corrected chi connectivity index (χ3v) is 5.95. The Labute approximate surface area is 171 Å². The number of aliphatic imine (C=N–C) groups is 1. The largest absolute Gasteiger partial charge is 0.379 e. The summed E-state index contributed by atoms with van der Waals surface area (Å²) in [5.41, 5.74) is 2.44. The van der Waals surface area contributed by atoms with Gasteiger partial charge in [0.2, 0.25) is 0 Å². The van der Waals surface area contributed by atoms with Gasteiger partial charge in [-0.05, 0) is 43.7 Å². The number of nitrogens with one attached hydrogen (secondary N) is 3. The third kappa shape index (κ3) is 6.05. The zero-order chi connectivity index (χ0) is 19.6. The highest BCUT2D eigenvalue weighted by Gasteiger charge is 2.23. The van der Waals surface area contributed by atoms with Crippen molar-refractivity contribution in [1.29, 1.82) is 0 Å². The molecule has 3 N–H and O–H groups in total. The van der Waals surface area contributed by atoms with Gasteiger partial charge in [0.25, 0.3) is 0 Å². The quantitative estimate of drug-likeness (QED) is 0.340. The molecule has 0 aromatic carbocycles. The number of guanidine groups is 1. The van der Waals surface area contributed by atoms with Gasteiger partial charge in [-0.1, -0.05) is 6.07 Å². The third-order valence-electron chi connectivity index (χ3n) is 4.97. The molecule has 2 aromatic rings. The standard InChI is InChI=1S/C20H32N6OS/c1-3-21-20(22-8-4-6-17-14-24-25-16(17)2)23-15-18(19-7-5-13-28-19)26-9-11-27-12-10-26/h5,7,13-14,18H,3-4,6,8-12,15H2,1-2H3,(H,24,25)(H2,21,22,23). The number of aromatic amines is 1. The lowest BCUT2D eigenvalue weighted by Crippen LogP contribution is -2.41. The average Bonchev–Trinajstić information content (AvgIpc) is 3.38. The molecule has 1 aliphatic rings. The predicted molar refractivity (Wildman–Crippen MR) is 115 cm³/mol. The monoisotopic (exact) mass is 404 g/mol. The molecular weight excluding hydrogens is 372 g/mol. The SMILES string of the molecule is CCNC(=NCC(c1cccs1)N1CCOCC1)NCCCc1cn[nH]c1C. The smallest absolute Gasteiger partial charge is 0.191 e. The highest BCUT2D eigenvalue weighted by molar-refractivity contribution is 7.10. The number of H-pyrrole nitrogens is 1. The molecule has 2 aromatic heterocycles. The second kappa shape index (κ2) is 11.2. The van der Waals surface area contributed by atoms with Crippen molar-refractivity contribution in [2.45, 2.75) is 32.7 Å². The van der Waals surface area contributed by atoms with E-state index in [4.69, 9.17) is 9.73 Å². The van der Waals surface area contributed by atoms with E-state index >= 15 is 0 Å². The Kier molecular flexibility index (Phi) is 8.32. The normalized spacial score (nSPS) is 16.9. The van der Waals surface area contributed by atoms with E-state index in [0.29, 0.717) is 6.04 Å². The summed E-state index contributed by atoms with van der Waals surface area (Å²) in [6, 6.07) is 4.65. The number of ether oxygens (including phenoxy) is 1. The first kappa shape index (κ1) is 20.8. The van der Waals surface area contributed by atoms with Crippen LogP contribution in [-0.4, -0.2) is 67.0 Å². The van der Waals surface area contributed by atoms with Gasteiger partial charge in [-0.25, -0.2) is 0 Å². The molecule has 0 spiro atoms. The van der Waals surface area contributed by atoms with Crippen LogP contribution in [0.2, 0.25) is 0 Å². The van der Waals surface area contributed by atoms with E-state index in [-0.39, 0.29) is 0 Å². The second-order valence-corrected chi connectivity index (χ2v) is 7.93. The van der Waals surface area contributed by atoms with E-state index in [1.807, 2.05) is 17.5 Å². The van der Waals surface area contributed by atoms with Crippen LogP contribution >= 0.6 is 11.3 Å². The molecule has 154 valence electrons. The highest BCUT2D eigenvalue weighted by Crippen LogP contribution is 2.26. The molecule has 0 aliphatic carbocycles. The van der Waals surface area contributed by atoms with Crippen molar-refractivity contribution in [3.05, 3.63) is 39.8 Å². The fourth-order valence-electron chi connectivity index (χ4n) is 3.39. The number of aryl methyl sites for hydroxylation is 2. The van der Waals surface area contributed by atoms with Crippen molar-refractivity contribution in [3.8, 4) is 0 Å². The molecule has 28 heavy (non-hydrogen) atoms. The topological polar surface area (TPSA) is 77.6 Å². The number of rotatable bonds is 9. The van der Waals surface area contributed by atoms with Crippen LogP contribution in [0.5, 0.6) is 0 Å². The second-order valence-electron chi connectivity index (χ2n) is 6.95. The minimum Gasteiger partial charge on any atom is -0.379 e. The summed E-state index contributed by atoms with van der Waals surface area (Å²) in [7, 11) is 0. The maximum Gasteiger partial charge on any atom is 0.191 e. The fourth-order valence-corrected chi connectivity index (χ4v) is 4.24. The summed E-state index contributed by atoms with van der Waals surface area (Å²) < 4.78 is 5.53. The van der Waals surface area contributed by atoms with Gasteiger partial charge in [-0.3, -0.25) is 15.0 Å². The van der Waals surface area contributed by atoms with Crippen molar-refractivity contribution in [2.24, 2.45) is 4.99 Å². The fraction of sp³-hybridized carbons (Fsp3) is 0.600. The Morgan fingerprint density at radius 3 is 2.93 bits per heavy atom. The maximum absolute atomic E-state index is 5.53. The lowest BCUT2D eigenvalue weighted by atomic mass is 10.1. The first-order valence-electron chi connectivity index (χ1n) is 10.1. The van der Waals surface area contributed by atoms with E-state index in [1.165, 1.54) is 10.4 Å². The van der Waals surface area contributed by atoms with Crippen LogP contribution in [0.25, 0.3) is 0 Å². The number of thiophene rings is 1. The summed E-state index contributed by atoms with van der Waals surface area (Å²) in [6.45, 7) is 10.2. The maximum atomic E-state index is 5.53. The summed E-state index contributed by atoms with van der Waals surface area (Å²) in [4.78, 5) is 8.76. The lowest BCUT2D eigenvalue weighted by molar-refractivity contribution is 0.0186. The van der Waals surface area contributed by atoms with E-state index in [2.05, 4.69) is 57.1 Å². The molecule has 3 heterocycles. The number of aromatic nitrogens is 2. The number of nitrogens with zero attached hydrogens (tertiary/aromatic N) is 3. The van der Waals surface area contributed by atoms with Gasteiger partial charge in [0.05, 0.1) is 32.0 Å². The van der Waals surface area contributed by atoms with E-state index in [1.54, 1.807) is 0 Å². The first-order chi connectivity index (χ1) is 13.8. The van der Waals surface area contributed by atoms with E-state index in [9.17, 15) is 0 Å². The summed E-state index contributed by atoms with van der Waals surface area (Å²) in [5.74, 6) is 0.890. The van der Waals surface area contributed by atoms with Crippen molar-refractivity contribution in [2.75, 3.05) is 45.9 Å². The molecule has 1 fully saturated rings. The summed E-state index contributed by atoms with van der Waals surface area (Å²) in [5, 5.41) is 16.1. The van der Waals surface area contributed by atoms with Crippen molar-refractivity contribution in [1.82, 2.24) is 25.7 Å². The number of hydrogen-bond donors (Lipinski definition) is 3. The Morgan fingerprint density at radius 2 is 2.25 bits per heavy atom. The molecule has 1 atom stereocenters. The molecule has 0 amide bonds. The van der Waals surface area contributed by atoms with Gasteiger partial charge in [-0.15, -0.1) is 11.3 Å². The predicted octanol–water partition coefficient (Wildman–Crippen LogP) is 2.34. The first-order valence-corrected chi connectivity index (χ1v) is 11.0. The molecule has 1 unspecified atom stereocenters. The Hall–Kier alpha value is -1.90. The summed E-state index contributed by atoms with van der Waals surface area (Å²) in [6.07, 6.45) is 3.98. The molecule has 1 saturated heterocycles. The van der Waals surface area contributed by atoms with Gasteiger partial charge in [0.15, 0.2) is 5.96 Å². The van der Waals surface area contributed by atoms with E-state index < -0.39 is 0 Å². The van der Waals surface area contributed by atoms with Crippen LogP contribution in [0.4, 0.5) is 0 Å². The van der Waals surface area contributed by atoms with Crippen LogP contribution < -0.4 is 10.6 Å². The van der Waals surface area contributed by atoms with Gasteiger partial charge < -0.3 is 15.4 Å². The average molecular weight is 405 g/mol. The molecule has 0 radical (unpaired) electrons. The van der Waals surface area contributed by atoms with Crippen LogP contribution in [0.3, 0.4) is 0 Å². The molecule has 1 aliphatic heterocycles. The van der Waals surface area contributed by atoms with Gasteiger partial charge in [0.1, 0.15) is 0 Å². The van der Waals surface area contributed by atoms with Crippen molar-refractivity contribution >= 4 is 17.3 Å². The van der Waals surface area contributed by atoms with Crippen LogP contribution in [0.1, 0.15) is 35.5 Å². The van der Waals surface area contributed by atoms with Gasteiger partial charge in [0, 0.05) is 36.8 Å².